The fourth-order valence-corrected chi connectivity index (χ4v) is 5.78. The summed E-state index contributed by atoms with van der Waals surface area (Å²) >= 11 is 0. The van der Waals surface area contributed by atoms with E-state index in [9.17, 15) is 0 Å². The number of aliphatic hydroxyl groups excluding tert-OH is 1. The van der Waals surface area contributed by atoms with E-state index in [1.165, 1.54) is 25.7 Å². The first kappa shape index (κ1) is 14.8. The summed E-state index contributed by atoms with van der Waals surface area (Å²) in [5.74, 6) is 3.63. The van der Waals surface area contributed by atoms with Crippen molar-refractivity contribution >= 4 is 0 Å². The molecule has 4 bridgehead atoms. The highest BCUT2D eigenvalue weighted by Gasteiger charge is 2.52. The van der Waals surface area contributed by atoms with Crippen molar-refractivity contribution in [1.82, 2.24) is 5.32 Å². The fourth-order valence-electron chi connectivity index (χ4n) is 5.78. The van der Waals surface area contributed by atoms with E-state index >= 15 is 0 Å². The summed E-state index contributed by atoms with van der Waals surface area (Å²) < 4.78 is 0. The normalized spacial score (nSPS) is 41.9. The van der Waals surface area contributed by atoms with Gasteiger partial charge in [0.15, 0.2) is 0 Å². The SMILES string of the molecule is CC(CO)CCCNC(C)C12CC3CC(CC(C3)C1)C2. The van der Waals surface area contributed by atoms with E-state index in [1.807, 2.05) is 0 Å². The fraction of sp³-hybridized carbons (Fsp3) is 1.00. The minimum Gasteiger partial charge on any atom is -0.396 e. The van der Waals surface area contributed by atoms with Crippen molar-refractivity contribution in [3.05, 3.63) is 0 Å². The molecule has 2 nitrogen and oxygen atoms in total. The Bertz CT molecular complexity index is 292. The molecule has 4 rings (SSSR count). The van der Waals surface area contributed by atoms with Crippen molar-refractivity contribution in [2.45, 2.75) is 71.3 Å². The average molecular weight is 279 g/mol. The molecule has 4 aliphatic carbocycles. The standard InChI is InChI=1S/C18H33NO/c1-13(12-20)4-3-5-19-14(2)18-9-15-6-16(10-18)8-17(7-15)11-18/h13-17,19-20H,3-12H2,1-2H3. The maximum atomic E-state index is 9.08. The van der Waals surface area contributed by atoms with Crippen LogP contribution in [0.5, 0.6) is 0 Å². The topological polar surface area (TPSA) is 32.3 Å². The van der Waals surface area contributed by atoms with Crippen molar-refractivity contribution in [3.8, 4) is 0 Å². The predicted octanol–water partition coefficient (Wildman–Crippen LogP) is 3.59. The summed E-state index contributed by atoms with van der Waals surface area (Å²) in [7, 11) is 0. The summed E-state index contributed by atoms with van der Waals surface area (Å²) in [6.45, 7) is 6.06. The molecule has 2 heteroatoms. The Labute approximate surface area is 124 Å². The largest absolute Gasteiger partial charge is 0.396 e. The van der Waals surface area contributed by atoms with E-state index in [2.05, 4.69) is 19.2 Å². The Morgan fingerprint density at radius 3 is 2.10 bits per heavy atom. The molecule has 4 saturated carbocycles. The van der Waals surface area contributed by atoms with Crippen molar-refractivity contribution < 1.29 is 5.11 Å². The Kier molecular flexibility index (Phi) is 4.42. The summed E-state index contributed by atoms with van der Waals surface area (Å²) in [4.78, 5) is 0. The Morgan fingerprint density at radius 1 is 1.05 bits per heavy atom. The lowest BCUT2D eigenvalue weighted by Gasteiger charge is -2.59. The molecular weight excluding hydrogens is 246 g/mol. The molecule has 4 aliphatic rings. The highest BCUT2D eigenvalue weighted by Crippen LogP contribution is 2.61. The van der Waals surface area contributed by atoms with Gasteiger partial charge in [-0.1, -0.05) is 6.92 Å². The van der Waals surface area contributed by atoms with Gasteiger partial charge in [-0.3, -0.25) is 0 Å². The lowest BCUT2D eigenvalue weighted by atomic mass is 9.48. The molecule has 0 spiro atoms. The van der Waals surface area contributed by atoms with E-state index < -0.39 is 0 Å². The first-order chi connectivity index (χ1) is 9.61. The van der Waals surface area contributed by atoms with Crippen LogP contribution in [0.3, 0.4) is 0 Å². The van der Waals surface area contributed by atoms with Gasteiger partial charge in [-0.05, 0) is 93.9 Å². The van der Waals surface area contributed by atoms with Crippen LogP contribution in [0.4, 0.5) is 0 Å². The molecule has 116 valence electrons. The van der Waals surface area contributed by atoms with Crippen LogP contribution >= 0.6 is 0 Å². The van der Waals surface area contributed by atoms with Crippen molar-refractivity contribution in [2.24, 2.45) is 29.1 Å². The van der Waals surface area contributed by atoms with E-state index in [0.717, 1.165) is 30.7 Å². The second-order valence-corrected chi connectivity index (χ2v) is 8.39. The summed E-state index contributed by atoms with van der Waals surface area (Å²) in [6.07, 6.45) is 11.5. The van der Waals surface area contributed by atoms with E-state index in [4.69, 9.17) is 5.11 Å². The van der Waals surface area contributed by atoms with Gasteiger partial charge in [-0.25, -0.2) is 0 Å². The molecule has 0 aliphatic heterocycles. The molecular formula is C18H33NO. The van der Waals surface area contributed by atoms with Gasteiger partial charge in [0.1, 0.15) is 0 Å². The van der Waals surface area contributed by atoms with Gasteiger partial charge >= 0.3 is 0 Å². The lowest BCUT2D eigenvalue weighted by molar-refractivity contribution is -0.0703. The molecule has 0 aromatic heterocycles. The molecule has 0 radical (unpaired) electrons. The summed E-state index contributed by atoms with van der Waals surface area (Å²) in [5, 5.41) is 12.9. The third-order valence-electron chi connectivity index (χ3n) is 6.64. The maximum Gasteiger partial charge on any atom is 0.0456 e. The first-order valence-corrected chi connectivity index (χ1v) is 8.95. The zero-order valence-corrected chi connectivity index (χ0v) is 13.4. The van der Waals surface area contributed by atoms with Crippen LogP contribution in [0.2, 0.25) is 0 Å². The van der Waals surface area contributed by atoms with Gasteiger partial charge < -0.3 is 10.4 Å². The van der Waals surface area contributed by atoms with Crippen LogP contribution < -0.4 is 5.32 Å². The smallest absolute Gasteiger partial charge is 0.0456 e. The van der Waals surface area contributed by atoms with Crippen LogP contribution in [0, 0.1) is 29.1 Å². The number of hydrogen-bond donors (Lipinski definition) is 2. The zero-order valence-electron chi connectivity index (χ0n) is 13.4. The van der Waals surface area contributed by atoms with E-state index in [-0.39, 0.29) is 0 Å². The van der Waals surface area contributed by atoms with Gasteiger partial charge in [0.05, 0.1) is 0 Å². The molecule has 0 aromatic rings. The van der Waals surface area contributed by atoms with Crippen molar-refractivity contribution in [1.29, 1.82) is 0 Å². The minimum atomic E-state index is 0.338. The molecule has 0 heterocycles. The lowest BCUT2D eigenvalue weighted by Crippen LogP contribution is -2.55. The highest BCUT2D eigenvalue weighted by molar-refractivity contribution is 5.05. The Morgan fingerprint density at radius 2 is 1.60 bits per heavy atom. The van der Waals surface area contributed by atoms with E-state index in [1.54, 1.807) is 19.3 Å². The van der Waals surface area contributed by atoms with Gasteiger partial charge in [0, 0.05) is 12.6 Å². The summed E-state index contributed by atoms with van der Waals surface area (Å²) in [5.41, 5.74) is 0.636. The molecule has 2 N–H and O–H groups in total. The molecule has 0 aromatic carbocycles. The second-order valence-electron chi connectivity index (χ2n) is 8.39. The van der Waals surface area contributed by atoms with E-state index in [0.29, 0.717) is 24.0 Å². The maximum absolute atomic E-state index is 9.08. The molecule has 0 saturated heterocycles. The Hall–Kier alpha value is -0.0800. The molecule has 0 amide bonds. The predicted molar refractivity (Wildman–Crippen MR) is 83.6 cm³/mol. The second kappa shape index (κ2) is 5.96. The van der Waals surface area contributed by atoms with Crippen LogP contribution in [0.15, 0.2) is 0 Å². The van der Waals surface area contributed by atoms with Gasteiger partial charge in [-0.2, -0.15) is 0 Å². The van der Waals surface area contributed by atoms with Gasteiger partial charge in [0.2, 0.25) is 0 Å². The van der Waals surface area contributed by atoms with Crippen LogP contribution in [-0.2, 0) is 0 Å². The number of rotatable bonds is 7. The van der Waals surface area contributed by atoms with Crippen molar-refractivity contribution in [2.75, 3.05) is 13.2 Å². The van der Waals surface area contributed by atoms with Crippen molar-refractivity contribution in [3.63, 3.8) is 0 Å². The third-order valence-corrected chi connectivity index (χ3v) is 6.64. The molecule has 2 atom stereocenters. The summed E-state index contributed by atoms with van der Waals surface area (Å²) in [6, 6.07) is 0.695. The number of nitrogens with one attached hydrogen (secondary N) is 1. The van der Waals surface area contributed by atoms with Crippen LogP contribution in [0.25, 0.3) is 0 Å². The monoisotopic (exact) mass is 279 g/mol. The Balaban J connectivity index is 1.48. The van der Waals surface area contributed by atoms with Gasteiger partial charge in [-0.15, -0.1) is 0 Å². The first-order valence-electron chi connectivity index (χ1n) is 8.95. The third kappa shape index (κ3) is 2.92. The average Bonchev–Trinajstić information content (AvgIpc) is 2.41. The zero-order chi connectivity index (χ0) is 14.2. The number of hydrogen-bond acceptors (Lipinski definition) is 2. The van der Waals surface area contributed by atoms with Gasteiger partial charge in [0.25, 0.3) is 0 Å². The molecule has 20 heavy (non-hydrogen) atoms. The molecule has 4 fully saturated rings. The number of aliphatic hydroxyl groups is 1. The minimum absolute atomic E-state index is 0.338. The molecule has 2 unspecified atom stereocenters. The quantitative estimate of drug-likeness (QED) is 0.698. The van der Waals surface area contributed by atoms with Crippen LogP contribution in [-0.4, -0.2) is 24.3 Å². The highest BCUT2D eigenvalue weighted by atomic mass is 16.3. The van der Waals surface area contributed by atoms with Crippen LogP contribution in [0.1, 0.15) is 65.2 Å².